The van der Waals surface area contributed by atoms with Gasteiger partial charge in [-0.3, -0.25) is 15.4 Å². The van der Waals surface area contributed by atoms with Crippen LogP contribution in [0.4, 0.5) is 5.82 Å². The molecule has 0 aliphatic rings. The maximum Gasteiger partial charge on any atom is 0.184 e. The van der Waals surface area contributed by atoms with Crippen molar-refractivity contribution in [2.45, 2.75) is 12.3 Å². The van der Waals surface area contributed by atoms with Crippen LogP contribution in [0.2, 0.25) is 0 Å². The predicted molar refractivity (Wildman–Crippen MR) is 108 cm³/mol. The van der Waals surface area contributed by atoms with Crippen molar-refractivity contribution in [1.82, 2.24) is 30.4 Å². The number of thiocarbonyl (C=S) groups is 2. The number of aliphatic hydroxyl groups excluding tert-OH is 1. The molecule has 13 nitrogen and oxygen atoms in total. The van der Waals surface area contributed by atoms with Gasteiger partial charge in [0.25, 0.3) is 0 Å². The Kier molecular flexibility index (Phi) is 7.24. The number of nitrogen functional groups attached to an aromatic ring is 1. The summed E-state index contributed by atoms with van der Waals surface area (Å²) in [7, 11) is 0. The number of hydrogen-bond donors (Lipinski definition) is 6. The highest BCUT2D eigenvalue weighted by atomic mass is 32.1. The van der Waals surface area contributed by atoms with Crippen LogP contribution in [0.15, 0.2) is 22.9 Å². The first kappa shape index (κ1) is 20.3. The van der Waals surface area contributed by atoms with E-state index >= 15 is 0 Å². The summed E-state index contributed by atoms with van der Waals surface area (Å²) in [5, 5.41) is 17.1. The molecule has 0 saturated heterocycles. The second kappa shape index (κ2) is 9.62. The third-order valence-corrected chi connectivity index (χ3v) is 3.13. The van der Waals surface area contributed by atoms with E-state index in [1.54, 1.807) is 0 Å². The highest BCUT2D eigenvalue weighted by molar-refractivity contribution is 7.80. The zero-order chi connectivity index (χ0) is 19.8. The largest absolute Gasteiger partial charge is 0.393 e. The number of hydrogen-bond acceptors (Lipinski definition) is 10. The molecule has 2 atom stereocenters. The Balaban J connectivity index is 2.31. The average Bonchev–Trinajstić information content (AvgIpc) is 3.04. The molecule has 0 bridgehead atoms. The van der Waals surface area contributed by atoms with Gasteiger partial charge in [0, 0.05) is 0 Å². The minimum absolute atomic E-state index is 0.0329. The van der Waals surface area contributed by atoms with Gasteiger partial charge in [0.05, 0.1) is 25.4 Å². The quantitative estimate of drug-likeness (QED) is 0.158. The van der Waals surface area contributed by atoms with E-state index in [1.165, 1.54) is 29.7 Å². The molecule has 144 valence electrons. The number of imidazole rings is 1. The fourth-order valence-electron chi connectivity index (χ4n) is 1.88. The van der Waals surface area contributed by atoms with Gasteiger partial charge in [0.2, 0.25) is 0 Å². The Labute approximate surface area is 163 Å². The molecule has 27 heavy (non-hydrogen) atoms. The molecule has 2 rings (SSSR count). The summed E-state index contributed by atoms with van der Waals surface area (Å²) in [5.74, 6) is 0.205. The van der Waals surface area contributed by atoms with E-state index in [0.717, 1.165) is 0 Å². The van der Waals surface area contributed by atoms with Crippen LogP contribution in [-0.4, -0.2) is 60.0 Å². The number of hydrazone groups is 2. The van der Waals surface area contributed by atoms with Crippen molar-refractivity contribution < 1.29 is 9.84 Å². The topological polar surface area (TPSA) is 200 Å². The second-order valence-corrected chi connectivity index (χ2v) is 5.72. The van der Waals surface area contributed by atoms with Crippen molar-refractivity contribution in [3.8, 4) is 0 Å². The molecule has 2 aromatic rings. The first-order valence-electron chi connectivity index (χ1n) is 7.29. The minimum Gasteiger partial charge on any atom is -0.393 e. The van der Waals surface area contributed by atoms with E-state index in [0.29, 0.717) is 11.2 Å². The lowest BCUT2D eigenvalue weighted by atomic mass is 10.4. The van der Waals surface area contributed by atoms with Crippen LogP contribution >= 0.6 is 24.4 Å². The van der Waals surface area contributed by atoms with Crippen molar-refractivity contribution in [3.63, 3.8) is 0 Å². The van der Waals surface area contributed by atoms with Gasteiger partial charge in [-0.15, -0.1) is 0 Å². The van der Waals surface area contributed by atoms with Crippen molar-refractivity contribution in [2.24, 2.45) is 21.7 Å². The number of nitrogens with one attached hydrogen (secondary N) is 2. The number of nitrogens with zero attached hydrogens (tertiary/aromatic N) is 6. The molecule has 2 heterocycles. The zero-order valence-electron chi connectivity index (χ0n) is 13.8. The molecule has 0 fully saturated rings. The Morgan fingerprint density at radius 3 is 2.52 bits per heavy atom. The number of nitrogens with two attached hydrogens (primary N) is 3. The first-order chi connectivity index (χ1) is 12.9. The van der Waals surface area contributed by atoms with Crippen molar-refractivity contribution in [3.05, 3.63) is 12.7 Å². The molecule has 0 aliphatic carbocycles. The number of aliphatic hydroxyl groups is 1. The van der Waals surface area contributed by atoms with Gasteiger partial charge in [0.15, 0.2) is 27.9 Å². The number of rotatable bonds is 8. The Morgan fingerprint density at radius 2 is 1.89 bits per heavy atom. The molecule has 0 aliphatic heterocycles. The smallest absolute Gasteiger partial charge is 0.184 e. The van der Waals surface area contributed by atoms with Crippen LogP contribution in [0.1, 0.15) is 6.23 Å². The molecule has 0 amide bonds. The van der Waals surface area contributed by atoms with Crippen molar-refractivity contribution in [1.29, 1.82) is 0 Å². The average molecular weight is 411 g/mol. The van der Waals surface area contributed by atoms with E-state index in [4.69, 9.17) is 34.2 Å². The molecule has 9 N–H and O–H groups in total. The molecule has 0 aromatic carbocycles. The normalized spacial score (nSPS) is 13.8. The number of ether oxygens (including phenoxy) is 1. The monoisotopic (exact) mass is 411 g/mol. The summed E-state index contributed by atoms with van der Waals surface area (Å²) in [6.07, 6.45) is 3.63. The van der Waals surface area contributed by atoms with Crippen LogP contribution in [0.5, 0.6) is 0 Å². The Bertz CT molecular complexity index is 868. The third kappa shape index (κ3) is 5.74. The zero-order valence-corrected chi connectivity index (χ0v) is 15.4. The molecule has 0 radical (unpaired) electrons. The second-order valence-electron chi connectivity index (χ2n) is 4.84. The Hall–Kier alpha value is -3.01. The van der Waals surface area contributed by atoms with E-state index in [2.05, 4.69) is 48.2 Å². The highest BCUT2D eigenvalue weighted by Gasteiger charge is 2.19. The molecular weight excluding hydrogens is 394 g/mol. The van der Waals surface area contributed by atoms with E-state index in [9.17, 15) is 5.11 Å². The first-order valence-corrected chi connectivity index (χ1v) is 8.10. The van der Waals surface area contributed by atoms with E-state index in [1.807, 2.05) is 0 Å². The summed E-state index contributed by atoms with van der Waals surface area (Å²) >= 11 is 9.34. The summed E-state index contributed by atoms with van der Waals surface area (Å²) in [4.78, 5) is 12.2. The van der Waals surface area contributed by atoms with Gasteiger partial charge in [-0.05, 0) is 24.4 Å². The predicted octanol–water partition coefficient (Wildman–Crippen LogP) is -2.08. The summed E-state index contributed by atoms with van der Waals surface area (Å²) in [6, 6.07) is 0. The molecular formula is C12H17N11O2S2. The molecule has 0 unspecified atom stereocenters. The fraction of sp³-hybridized carbons (Fsp3) is 0.250. The van der Waals surface area contributed by atoms with Crippen LogP contribution in [-0.2, 0) is 4.74 Å². The van der Waals surface area contributed by atoms with E-state index < -0.39 is 12.3 Å². The molecule has 0 saturated carbocycles. The lowest BCUT2D eigenvalue weighted by Gasteiger charge is -2.19. The van der Waals surface area contributed by atoms with Gasteiger partial charge in [-0.2, -0.15) is 10.2 Å². The van der Waals surface area contributed by atoms with E-state index in [-0.39, 0.29) is 22.6 Å². The van der Waals surface area contributed by atoms with Gasteiger partial charge in [-0.1, -0.05) is 0 Å². The standard InChI is InChI=1S/C12H17N11O2S2/c13-9-8-10(17-4-16-9)23(5-18-8)7(2-20-22-12(15)27)25-6(3-24)1-19-21-11(14)26/h1-2,4-7,24H,3H2,(H2,13,16,17)(H3,14,21,26)(H3,15,22,27)/b19-1+,20-2+/t6-,7-/m1/s1. The summed E-state index contributed by atoms with van der Waals surface area (Å²) in [6.45, 7) is -0.390. The molecule has 15 heteroatoms. The lowest BCUT2D eigenvalue weighted by molar-refractivity contribution is 0.00129. The minimum atomic E-state index is -0.875. The van der Waals surface area contributed by atoms with Crippen LogP contribution in [0, 0.1) is 0 Å². The van der Waals surface area contributed by atoms with Gasteiger partial charge in [-0.25, -0.2) is 15.0 Å². The van der Waals surface area contributed by atoms with Gasteiger partial charge in [0.1, 0.15) is 17.9 Å². The maximum absolute atomic E-state index is 9.53. The molecule has 2 aromatic heterocycles. The third-order valence-electron chi connectivity index (χ3n) is 2.95. The number of anilines is 1. The van der Waals surface area contributed by atoms with Gasteiger partial charge >= 0.3 is 0 Å². The van der Waals surface area contributed by atoms with Crippen LogP contribution < -0.4 is 28.1 Å². The summed E-state index contributed by atoms with van der Waals surface area (Å²) in [5.41, 5.74) is 22.0. The van der Waals surface area contributed by atoms with Gasteiger partial charge < -0.3 is 27.0 Å². The highest BCUT2D eigenvalue weighted by Crippen LogP contribution is 2.19. The maximum atomic E-state index is 9.53. The summed E-state index contributed by atoms with van der Waals surface area (Å²) < 4.78 is 7.30. The number of fused-ring (bicyclic) bond motifs is 1. The Morgan fingerprint density at radius 1 is 1.22 bits per heavy atom. The SMILES string of the molecule is NC(=S)N/N=C/[C@H](CO)O[C@H](/C=N/NC(N)=S)n1cnc2c(N)ncnc21. The fourth-order valence-corrected chi connectivity index (χ4v) is 1.99. The molecule has 0 spiro atoms. The van der Waals surface area contributed by atoms with Crippen molar-refractivity contribution in [2.75, 3.05) is 12.3 Å². The lowest BCUT2D eigenvalue weighted by Crippen LogP contribution is -2.30. The van der Waals surface area contributed by atoms with Crippen LogP contribution in [0.25, 0.3) is 11.2 Å². The van der Waals surface area contributed by atoms with Crippen molar-refractivity contribution >= 4 is 64.1 Å². The number of aromatic nitrogens is 4. The van der Waals surface area contributed by atoms with Crippen LogP contribution in [0.3, 0.4) is 0 Å².